The smallest absolute Gasteiger partial charge is 0.227 e. The van der Waals surface area contributed by atoms with Crippen LogP contribution >= 0.6 is 0 Å². The summed E-state index contributed by atoms with van der Waals surface area (Å²) in [6, 6.07) is 3.64. The molecule has 0 saturated heterocycles. The van der Waals surface area contributed by atoms with E-state index in [1.165, 1.54) is 6.07 Å². The van der Waals surface area contributed by atoms with Crippen molar-refractivity contribution in [3.8, 4) is 0 Å². The molecule has 1 aliphatic rings. The lowest BCUT2D eigenvalue weighted by Crippen LogP contribution is -2.47. The zero-order valence-corrected chi connectivity index (χ0v) is 12.3. The maximum Gasteiger partial charge on any atom is 0.227 e. The number of carbonyl (C=O) groups is 1. The Kier molecular flexibility index (Phi) is 4.93. The van der Waals surface area contributed by atoms with Gasteiger partial charge in [-0.05, 0) is 49.3 Å². The minimum atomic E-state index is -0.901. The van der Waals surface area contributed by atoms with Gasteiger partial charge in [0, 0.05) is 13.1 Å². The van der Waals surface area contributed by atoms with E-state index in [4.69, 9.17) is 5.73 Å². The van der Waals surface area contributed by atoms with Crippen molar-refractivity contribution in [1.29, 1.82) is 0 Å². The van der Waals surface area contributed by atoms with Gasteiger partial charge in [-0.25, -0.2) is 8.78 Å². The summed E-state index contributed by atoms with van der Waals surface area (Å²) in [5.74, 6) is -1.24. The lowest BCUT2D eigenvalue weighted by atomic mass is 9.70. The third kappa shape index (κ3) is 3.59. The number of carbonyl (C=O) groups excluding carboxylic acids is 1. The molecule has 0 aliphatic heterocycles. The van der Waals surface area contributed by atoms with Crippen LogP contribution in [-0.4, -0.2) is 12.5 Å². The van der Waals surface area contributed by atoms with E-state index in [0.717, 1.165) is 37.8 Å². The summed E-state index contributed by atoms with van der Waals surface area (Å²) >= 11 is 0. The van der Waals surface area contributed by atoms with Crippen LogP contribution in [0.3, 0.4) is 0 Å². The summed E-state index contributed by atoms with van der Waals surface area (Å²) in [7, 11) is 0. The highest BCUT2D eigenvalue weighted by atomic mass is 19.2. The average Bonchev–Trinajstić information content (AvgIpc) is 2.49. The summed E-state index contributed by atoms with van der Waals surface area (Å²) in [6.07, 6.45) is 3.56. The minimum Gasteiger partial charge on any atom is -0.352 e. The molecule has 0 radical (unpaired) electrons. The van der Waals surface area contributed by atoms with Gasteiger partial charge in [0.1, 0.15) is 0 Å². The Balaban J connectivity index is 1.98. The van der Waals surface area contributed by atoms with Crippen LogP contribution in [0.2, 0.25) is 0 Å². The summed E-state index contributed by atoms with van der Waals surface area (Å²) in [5, 5.41) is 2.81. The predicted molar refractivity (Wildman–Crippen MR) is 77.3 cm³/mol. The van der Waals surface area contributed by atoms with Crippen LogP contribution < -0.4 is 11.1 Å². The van der Waals surface area contributed by atoms with Gasteiger partial charge in [0.25, 0.3) is 0 Å². The summed E-state index contributed by atoms with van der Waals surface area (Å²) in [6.45, 7) is 2.69. The number of rotatable bonds is 4. The molecule has 3 nitrogen and oxygen atoms in total. The van der Waals surface area contributed by atoms with Crippen molar-refractivity contribution in [2.24, 2.45) is 17.1 Å². The maximum atomic E-state index is 13.1. The highest BCUT2D eigenvalue weighted by Crippen LogP contribution is 2.38. The summed E-state index contributed by atoms with van der Waals surface area (Å²) in [5.41, 5.74) is 5.86. The van der Waals surface area contributed by atoms with Crippen molar-refractivity contribution in [1.82, 2.24) is 5.32 Å². The first kappa shape index (κ1) is 15.9. The van der Waals surface area contributed by atoms with Crippen molar-refractivity contribution in [3.05, 3.63) is 35.4 Å². The van der Waals surface area contributed by atoms with Gasteiger partial charge in [-0.1, -0.05) is 13.0 Å². The SMILES string of the molecule is CC1CCC(CN)(C(=O)NCc2ccc(F)c(F)c2)CC1. The van der Waals surface area contributed by atoms with Crippen LogP contribution in [0.25, 0.3) is 0 Å². The molecule has 21 heavy (non-hydrogen) atoms. The number of amides is 1. The largest absolute Gasteiger partial charge is 0.352 e. The Labute approximate surface area is 123 Å². The highest BCUT2D eigenvalue weighted by molar-refractivity contribution is 5.83. The fourth-order valence-electron chi connectivity index (χ4n) is 2.86. The Morgan fingerprint density at radius 3 is 2.57 bits per heavy atom. The molecule has 0 bridgehead atoms. The van der Waals surface area contributed by atoms with Crippen LogP contribution in [-0.2, 0) is 11.3 Å². The molecule has 0 atom stereocenters. The van der Waals surface area contributed by atoms with E-state index < -0.39 is 17.0 Å². The first-order valence-corrected chi connectivity index (χ1v) is 7.39. The van der Waals surface area contributed by atoms with Crippen molar-refractivity contribution in [3.63, 3.8) is 0 Å². The van der Waals surface area contributed by atoms with Gasteiger partial charge in [-0.3, -0.25) is 4.79 Å². The first-order chi connectivity index (χ1) is 9.97. The van der Waals surface area contributed by atoms with E-state index in [1.807, 2.05) is 0 Å². The Bertz CT molecular complexity index is 511. The summed E-state index contributed by atoms with van der Waals surface area (Å²) in [4.78, 5) is 12.4. The van der Waals surface area contributed by atoms with E-state index >= 15 is 0 Å². The first-order valence-electron chi connectivity index (χ1n) is 7.39. The highest BCUT2D eigenvalue weighted by Gasteiger charge is 2.39. The third-order valence-corrected chi connectivity index (χ3v) is 4.54. The maximum absolute atomic E-state index is 13.1. The van der Waals surface area contributed by atoms with Crippen LogP contribution in [0.5, 0.6) is 0 Å². The fourth-order valence-corrected chi connectivity index (χ4v) is 2.86. The number of hydrogen-bond acceptors (Lipinski definition) is 2. The van der Waals surface area contributed by atoms with Crippen LogP contribution in [0, 0.1) is 23.0 Å². The molecule has 1 aromatic rings. The summed E-state index contributed by atoms with van der Waals surface area (Å²) < 4.78 is 26.0. The molecular weight excluding hydrogens is 274 g/mol. The second-order valence-corrected chi connectivity index (χ2v) is 6.10. The number of nitrogens with two attached hydrogens (primary N) is 1. The van der Waals surface area contributed by atoms with Crippen LogP contribution in [0.4, 0.5) is 8.78 Å². The van der Waals surface area contributed by atoms with E-state index in [-0.39, 0.29) is 12.5 Å². The molecule has 1 aromatic carbocycles. The normalized spacial score (nSPS) is 25.6. The topological polar surface area (TPSA) is 55.1 Å². The van der Waals surface area contributed by atoms with Crippen LogP contribution in [0.15, 0.2) is 18.2 Å². The quantitative estimate of drug-likeness (QED) is 0.897. The van der Waals surface area contributed by atoms with Crippen molar-refractivity contribution in [2.75, 3.05) is 6.54 Å². The molecule has 5 heteroatoms. The van der Waals surface area contributed by atoms with Gasteiger partial charge in [-0.15, -0.1) is 0 Å². The van der Waals surface area contributed by atoms with Gasteiger partial charge in [0.2, 0.25) is 5.91 Å². The zero-order valence-electron chi connectivity index (χ0n) is 12.3. The Morgan fingerprint density at radius 2 is 2.00 bits per heavy atom. The molecule has 1 fully saturated rings. The average molecular weight is 296 g/mol. The second-order valence-electron chi connectivity index (χ2n) is 6.10. The molecular formula is C16H22F2N2O. The Morgan fingerprint density at radius 1 is 1.33 bits per heavy atom. The van der Waals surface area contributed by atoms with Gasteiger partial charge in [0.15, 0.2) is 11.6 Å². The van der Waals surface area contributed by atoms with Gasteiger partial charge in [0.05, 0.1) is 5.41 Å². The molecule has 0 aromatic heterocycles. The molecule has 3 N–H and O–H groups in total. The van der Waals surface area contributed by atoms with E-state index in [9.17, 15) is 13.6 Å². The zero-order chi connectivity index (χ0) is 15.5. The number of halogens is 2. The van der Waals surface area contributed by atoms with E-state index in [1.54, 1.807) is 0 Å². The van der Waals surface area contributed by atoms with Crippen molar-refractivity contribution < 1.29 is 13.6 Å². The van der Waals surface area contributed by atoms with Gasteiger partial charge < -0.3 is 11.1 Å². The monoisotopic (exact) mass is 296 g/mol. The molecule has 116 valence electrons. The lowest BCUT2D eigenvalue weighted by molar-refractivity contribution is -0.133. The number of hydrogen-bond donors (Lipinski definition) is 2. The van der Waals surface area contributed by atoms with Gasteiger partial charge in [-0.2, -0.15) is 0 Å². The fraction of sp³-hybridized carbons (Fsp3) is 0.562. The minimum absolute atomic E-state index is 0.0818. The van der Waals surface area contributed by atoms with Crippen LogP contribution in [0.1, 0.15) is 38.2 Å². The molecule has 0 unspecified atom stereocenters. The predicted octanol–water partition coefficient (Wildman–Crippen LogP) is 2.74. The third-order valence-electron chi connectivity index (χ3n) is 4.54. The van der Waals surface area contributed by atoms with E-state index in [0.29, 0.717) is 18.0 Å². The lowest BCUT2D eigenvalue weighted by Gasteiger charge is -2.37. The standard InChI is InChI=1S/C16H22F2N2O/c1-11-4-6-16(10-19,7-5-11)15(21)20-9-12-2-3-13(17)14(18)8-12/h2-3,8,11H,4-7,9-10,19H2,1H3,(H,20,21). The van der Waals surface area contributed by atoms with Crippen molar-refractivity contribution in [2.45, 2.75) is 39.2 Å². The Hall–Kier alpha value is -1.49. The van der Waals surface area contributed by atoms with E-state index in [2.05, 4.69) is 12.2 Å². The molecule has 0 spiro atoms. The van der Waals surface area contributed by atoms with Gasteiger partial charge >= 0.3 is 0 Å². The molecule has 1 saturated carbocycles. The molecule has 1 aliphatic carbocycles. The molecule has 2 rings (SSSR count). The second kappa shape index (κ2) is 6.52. The molecule has 1 amide bonds. The number of benzene rings is 1. The number of nitrogens with one attached hydrogen (secondary N) is 1. The van der Waals surface area contributed by atoms with Crippen molar-refractivity contribution >= 4 is 5.91 Å². The molecule has 0 heterocycles.